The van der Waals surface area contributed by atoms with E-state index in [0.29, 0.717) is 6.42 Å². The third kappa shape index (κ3) is 4.44. The molecule has 0 atom stereocenters. The highest BCUT2D eigenvalue weighted by molar-refractivity contribution is 5.91. The molecule has 1 aromatic rings. The number of methoxy groups -OCH3 is 1. The summed E-state index contributed by atoms with van der Waals surface area (Å²) in [5.41, 5.74) is 0.582. The molecular weight excluding hydrogens is 216 g/mol. The van der Waals surface area contributed by atoms with Crippen LogP contribution in [0.5, 0.6) is 5.75 Å². The van der Waals surface area contributed by atoms with Crippen LogP contribution in [0.2, 0.25) is 0 Å². The predicted molar refractivity (Wildman–Crippen MR) is 69.4 cm³/mol. The first kappa shape index (κ1) is 13.5. The zero-order valence-corrected chi connectivity index (χ0v) is 10.8. The van der Waals surface area contributed by atoms with Crippen LogP contribution in [0.25, 0.3) is 0 Å². The van der Waals surface area contributed by atoms with E-state index in [9.17, 15) is 4.79 Å². The highest BCUT2D eigenvalue weighted by atomic mass is 16.5. The summed E-state index contributed by atoms with van der Waals surface area (Å²) in [7, 11) is 3.46. The zero-order chi connectivity index (χ0) is 12.9. The Morgan fingerprint density at radius 3 is 2.35 bits per heavy atom. The Bertz CT molecular complexity index is 372. The fraction of sp³-hybridized carbons (Fsp3) is 0.462. The van der Waals surface area contributed by atoms with Crippen molar-refractivity contribution in [2.45, 2.75) is 25.8 Å². The summed E-state index contributed by atoms with van der Waals surface area (Å²) in [6, 6.07) is 7.28. The minimum atomic E-state index is -0.198. The molecule has 17 heavy (non-hydrogen) atoms. The Morgan fingerprint density at radius 2 is 1.88 bits per heavy atom. The molecule has 0 aromatic heterocycles. The first-order chi connectivity index (χ1) is 7.96. The fourth-order valence-electron chi connectivity index (χ4n) is 1.37. The van der Waals surface area contributed by atoms with E-state index < -0.39 is 0 Å². The third-order valence-electron chi connectivity index (χ3n) is 2.65. The molecule has 1 rings (SSSR count). The van der Waals surface area contributed by atoms with Gasteiger partial charge in [0.25, 0.3) is 0 Å². The van der Waals surface area contributed by atoms with Gasteiger partial charge in [-0.25, -0.2) is 0 Å². The summed E-state index contributed by atoms with van der Waals surface area (Å²) < 4.78 is 5.05. The van der Waals surface area contributed by atoms with Crippen molar-refractivity contribution >= 4 is 11.6 Å². The molecule has 4 nitrogen and oxygen atoms in total. The Labute approximate surface area is 102 Å². The number of rotatable bonds is 5. The first-order valence-corrected chi connectivity index (χ1v) is 5.59. The molecule has 0 bridgehead atoms. The molecule has 94 valence electrons. The lowest BCUT2D eigenvalue weighted by molar-refractivity contribution is -0.117. The molecule has 0 aliphatic rings. The number of hydrogen-bond acceptors (Lipinski definition) is 3. The molecule has 0 saturated heterocycles. The quantitative estimate of drug-likeness (QED) is 0.822. The molecule has 0 fully saturated rings. The van der Waals surface area contributed by atoms with Crippen LogP contribution in [-0.4, -0.2) is 25.6 Å². The number of carbonyl (C=O) groups excluding carboxylic acids is 1. The van der Waals surface area contributed by atoms with E-state index in [1.54, 1.807) is 7.11 Å². The summed E-state index contributed by atoms with van der Waals surface area (Å²) in [5.74, 6) is 0.771. The molecule has 0 aliphatic carbocycles. The number of amides is 1. The molecule has 1 aromatic carbocycles. The first-order valence-electron chi connectivity index (χ1n) is 5.59. The average Bonchev–Trinajstić information content (AvgIpc) is 2.29. The van der Waals surface area contributed by atoms with Crippen LogP contribution in [0.3, 0.4) is 0 Å². The number of ether oxygens (including phenoxy) is 1. The highest BCUT2D eigenvalue weighted by Crippen LogP contribution is 2.16. The van der Waals surface area contributed by atoms with Gasteiger partial charge in [-0.1, -0.05) is 0 Å². The van der Waals surface area contributed by atoms with E-state index in [1.807, 2.05) is 45.2 Å². The van der Waals surface area contributed by atoms with Gasteiger partial charge in [-0.05, 0) is 45.2 Å². The molecular formula is C13H20N2O2. The monoisotopic (exact) mass is 236 g/mol. The van der Waals surface area contributed by atoms with Gasteiger partial charge in [0.1, 0.15) is 5.75 Å². The van der Waals surface area contributed by atoms with Crippen molar-refractivity contribution in [3.05, 3.63) is 24.3 Å². The van der Waals surface area contributed by atoms with Gasteiger partial charge in [-0.2, -0.15) is 0 Å². The van der Waals surface area contributed by atoms with Gasteiger partial charge in [-0.15, -0.1) is 0 Å². The Balaban J connectivity index is 2.56. The number of carbonyl (C=O) groups is 1. The van der Waals surface area contributed by atoms with Crippen LogP contribution >= 0.6 is 0 Å². The highest BCUT2D eigenvalue weighted by Gasteiger charge is 2.19. The van der Waals surface area contributed by atoms with Crippen molar-refractivity contribution in [3.8, 4) is 5.75 Å². The van der Waals surface area contributed by atoms with Crippen LogP contribution in [0.1, 0.15) is 20.3 Å². The van der Waals surface area contributed by atoms with Crippen LogP contribution in [-0.2, 0) is 4.79 Å². The fourth-order valence-corrected chi connectivity index (χ4v) is 1.37. The van der Waals surface area contributed by atoms with E-state index in [2.05, 4.69) is 10.6 Å². The second-order valence-corrected chi connectivity index (χ2v) is 4.59. The maximum absolute atomic E-state index is 11.8. The Kier molecular flexibility index (Phi) is 4.52. The van der Waals surface area contributed by atoms with Crippen LogP contribution < -0.4 is 15.4 Å². The van der Waals surface area contributed by atoms with Gasteiger partial charge >= 0.3 is 0 Å². The normalized spacial score (nSPS) is 11.1. The second kappa shape index (κ2) is 5.68. The lowest BCUT2D eigenvalue weighted by Gasteiger charge is -2.23. The van der Waals surface area contributed by atoms with Crippen LogP contribution in [0.15, 0.2) is 24.3 Å². The predicted octanol–water partition coefficient (Wildman–Crippen LogP) is 2.02. The second-order valence-electron chi connectivity index (χ2n) is 4.59. The maximum atomic E-state index is 11.8. The number of anilines is 1. The molecule has 0 heterocycles. The largest absolute Gasteiger partial charge is 0.497 e. The third-order valence-corrected chi connectivity index (χ3v) is 2.65. The summed E-state index contributed by atoms with van der Waals surface area (Å²) >= 11 is 0. The molecule has 0 radical (unpaired) electrons. The van der Waals surface area contributed by atoms with E-state index in [0.717, 1.165) is 11.4 Å². The average molecular weight is 236 g/mol. The van der Waals surface area contributed by atoms with Gasteiger partial charge in [0.05, 0.1) is 7.11 Å². The smallest absolute Gasteiger partial charge is 0.226 e. The van der Waals surface area contributed by atoms with Crippen molar-refractivity contribution < 1.29 is 9.53 Å². The Morgan fingerprint density at radius 1 is 1.29 bits per heavy atom. The summed E-state index contributed by atoms with van der Waals surface area (Å²) in [5, 5.41) is 5.94. The summed E-state index contributed by atoms with van der Waals surface area (Å²) in [6.45, 7) is 3.97. The molecule has 1 amide bonds. The maximum Gasteiger partial charge on any atom is 0.226 e. The minimum Gasteiger partial charge on any atom is -0.497 e. The van der Waals surface area contributed by atoms with Gasteiger partial charge < -0.3 is 15.4 Å². The van der Waals surface area contributed by atoms with Crippen molar-refractivity contribution in [1.29, 1.82) is 0 Å². The molecule has 0 spiro atoms. The zero-order valence-electron chi connectivity index (χ0n) is 10.8. The van der Waals surface area contributed by atoms with E-state index in [4.69, 9.17) is 4.74 Å². The standard InChI is InChI=1S/C13H20N2O2/c1-13(2,14-3)9-12(16)15-10-5-7-11(17-4)8-6-10/h5-8,14H,9H2,1-4H3,(H,15,16). The minimum absolute atomic E-state index is 0.00508. The topological polar surface area (TPSA) is 50.4 Å². The van der Waals surface area contributed by atoms with Crippen molar-refractivity contribution in [2.24, 2.45) is 0 Å². The summed E-state index contributed by atoms with van der Waals surface area (Å²) in [4.78, 5) is 11.8. The van der Waals surface area contributed by atoms with E-state index in [1.165, 1.54) is 0 Å². The van der Waals surface area contributed by atoms with Gasteiger partial charge in [0, 0.05) is 17.6 Å². The van der Waals surface area contributed by atoms with Crippen LogP contribution in [0, 0.1) is 0 Å². The van der Waals surface area contributed by atoms with Gasteiger partial charge in [-0.3, -0.25) is 4.79 Å². The molecule has 0 unspecified atom stereocenters. The van der Waals surface area contributed by atoms with Crippen molar-refractivity contribution in [1.82, 2.24) is 5.32 Å². The van der Waals surface area contributed by atoms with Crippen molar-refractivity contribution in [2.75, 3.05) is 19.5 Å². The van der Waals surface area contributed by atoms with E-state index >= 15 is 0 Å². The number of benzene rings is 1. The van der Waals surface area contributed by atoms with Crippen LogP contribution in [0.4, 0.5) is 5.69 Å². The SMILES string of the molecule is CNC(C)(C)CC(=O)Nc1ccc(OC)cc1. The summed E-state index contributed by atoms with van der Waals surface area (Å²) in [6.07, 6.45) is 0.426. The molecule has 0 saturated carbocycles. The molecule has 0 aliphatic heterocycles. The van der Waals surface area contributed by atoms with Gasteiger partial charge in [0.15, 0.2) is 0 Å². The lowest BCUT2D eigenvalue weighted by atomic mass is 10.0. The number of nitrogens with one attached hydrogen (secondary N) is 2. The van der Waals surface area contributed by atoms with Crippen molar-refractivity contribution in [3.63, 3.8) is 0 Å². The number of hydrogen-bond donors (Lipinski definition) is 2. The molecule has 4 heteroatoms. The lowest BCUT2D eigenvalue weighted by Crippen LogP contribution is -2.39. The molecule has 2 N–H and O–H groups in total. The van der Waals surface area contributed by atoms with E-state index in [-0.39, 0.29) is 11.4 Å². The Hall–Kier alpha value is -1.55. The van der Waals surface area contributed by atoms with Gasteiger partial charge in [0.2, 0.25) is 5.91 Å².